The first-order valence-electron chi connectivity index (χ1n) is 10.2. The number of benzene rings is 1. The number of aromatic nitrogens is 5. The van der Waals surface area contributed by atoms with Crippen molar-refractivity contribution in [3.8, 4) is 11.8 Å². The molecule has 1 atom stereocenters. The first-order valence-corrected chi connectivity index (χ1v) is 10.2. The summed E-state index contributed by atoms with van der Waals surface area (Å²) in [6.07, 6.45) is 2.65. The zero-order valence-corrected chi connectivity index (χ0v) is 18.2. The Balaban J connectivity index is 2.02. The molecule has 0 amide bonds. The normalized spacial score (nSPS) is 11.9. The number of halogens is 2. The molecule has 0 aliphatic heterocycles. The van der Waals surface area contributed by atoms with Crippen LogP contribution in [0.15, 0.2) is 35.4 Å². The standard InChI is InChI=1S/C22H19F2N9O/c1-3-14(29-19-11(7-25)18(26)31-22(27)32-19)20-30-15-6-4-5-12(23)17(15)21(34)33(20)16-9-28-8-13(24)10(16)2/h4-6,8-9,14H,3H2,1-2H3,(H5,26,27,29,31,32)/t14-/m0/s1. The molecule has 3 aromatic heterocycles. The highest BCUT2D eigenvalue weighted by atomic mass is 19.1. The third-order valence-corrected chi connectivity index (χ3v) is 5.34. The zero-order chi connectivity index (χ0) is 24.6. The molecule has 0 aliphatic rings. The SMILES string of the molecule is CC[C@H](Nc1nc(N)nc(N)c1C#N)c1nc2cccc(F)c2c(=O)n1-c1cncc(F)c1C. The minimum absolute atomic E-state index is 0.0357. The van der Waals surface area contributed by atoms with E-state index >= 15 is 0 Å². The van der Waals surface area contributed by atoms with Crippen LogP contribution >= 0.6 is 0 Å². The summed E-state index contributed by atoms with van der Waals surface area (Å²) in [5.41, 5.74) is 11.1. The van der Waals surface area contributed by atoms with Crippen molar-refractivity contribution < 1.29 is 8.78 Å². The second-order valence-corrected chi connectivity index (χ2v) is 7.42. The number of nitrogens with zero attached hydrogens (tertiary/aromatic N) is 6. The fraction of sp³-hybridized carbons (Fsp3) is 0.182. The Morgan fingerprint density at radius 1 is 1.18 bits per heavy atom. The van der Waals surface area contributed by atoms with E-state index in [0.717, 1.165) is 16.8 Å². The van der Waals surface area contributed by atoms with Crippen LogP contribution in [-0.2, 0) is 0 Å². The van der Waals surface area contributed by atoms with E-state index < -0.39 is 23.2 Å². The van der Waals surface area contributed by atoms with Crippen LogP contribution in [0.5, 0.6) is 0 Å². The smallest absolute Gasteiger partial charge is 0.269 e. The monoisotopic (exact) mass is 463 g/mol. The van der Waals surface area contributed by atoms with Gasteiger partial charge in [-0.25, -0.2) is 13.8 Å². The highest BCUT2D eigenvalue weighted by Crippen LogP contribution is 2.28. The van der Waals surface area contributed by atoms with Gasteiger partial charge in [0.2, 0.25) is 5.95 Å². The Kier molecular flexibility index (Phi) is 5.77. The summed E-state index contributed by atoms with van der Waals surface area (Å²) in [4.78, 5) is 29.7. The van der Waals surface area contributed by atoms with Crippen molar-refractivity contribution >= 4 is 28.5 Å². The molecular formula is C22H19F2N9O. The average molecular weight is 463 g/mol. The van der Waals surface area contributed by atoms with E-state index in [1.165, 1.54) is 25.3 Å². The molecule has 0 bridgehead atoms. The molecule has 0 aliphatic carbocycles. The molecule has 3 heterocycles. The topological polar surface area (TPSA) is 161 Å². The molecule has 4 rings (SSSR count). The zero-order valence-electron chi connectivity index (χ0n) is 18.2. The highest BCUT2D eigenvalue weighted by Gasteiger charge is 2.25. The number of rotatable bonds is 5. The van der Waals surface area contributed by atoms with Gasteiger partial charge in [0, 0.05) is 5.56 Å². The molecule has 4 aromatic rings. The Morgan fingerprint density at radius 2 is 1.94 bits per heavy atom. The number of nitrogen functional groups attached to an aromatic ring is 2. The van der Waals surface area contributed by atoms with Crippen LogP contribution in [0, 0.1) is 29.9 Å². The third kappa shape index (κ3) is 3.73. The largest absolute Gasteiger partial charge is 0.382 e. The van der Waals surface area contributed by atoms with Gasteiger partial charge in [0.1, 0.15) is 40.3 Å². The highest BCUT2D eigenvalue weighted by molar-refractivity contribution is 5.79. The Hall–Kier alpha value is -4.66. The maximum atomic E-state index is 14.6. The van der Waals surface area contributed by atoms with Crippen molar-refractivity contribution in [1.29, 1.82) is 5.26 Å². The van der Waals surface area contributed by atoms with Gasteiger partial charge in [0.05, 0.1) is 29.6 Å². The number of hydrogen-bond acceptors (Lipinski definition) is 9. The summed E-state index contributed by atoms with van der Waals surface area (Å²) in [6.45, 7) is 3.27. The first-order chi connectivity index (χ1) is 16.3. The van der Waals surface area contributed by atoms with Crippen molar-refractivity contribution in [2.45, 2.75) is 26.3 Å². The molecule has 12 heteroatoms. The summed E-state index contributed by atoms with van der Waals surface area (Å²) in [5.74, 6) is -1.53. The number of nitrogens with two attached hydrogens (primary N) is 2. The molecule has 0 radical (unpaired) electrons. The average Bonchev–Trinajstić information content (AvgIpc) is 2.79. The minimum atomic E-state index is -0.763. The van der Waals surface area contributed by atoms with Crippen LogP contribution in [0.2, 0.25) is 0 Å². The molecular weight excluding hydrogens is 444 g/mol. The van der Waals surface area contributed by atoms with Crippen molar-refractivity contribution in [3.63, 3.8) is 0 Å². The van der Waals surface area contributed by atoms with E-state index in [2.05, 4.69) is 25.3 Å². The van der Waals surface area contributed by atoms with Gasteiger partial charge in [-0.15, -0.1) is 0 Å². The molecule has 172 valence electrons. The van der Waals surface area contributed by atoms with Crippen molar-refractivity contribution in [2.75, 3.05) is 16.8 Å². The molecule has 0 spiro atoms. The fourth-order valence-corrected chi connectivity index (χ4v) is 3.61. The summed E-state index contributed by atoms with van der Waals surface area (Å²) in [6, 6.07) is 5.25. The molecule has 34 heavy (non-hydrogen) atoms. The van der Waals surface area contributed by atoms with Crippen molar-refractivity contribution in [1.82, 2.24) is 24.5 Å². The lowest BCUT2D eigenvalue weighted by molar-refractivity contribution is 0.603. The Labute approximate surface area is 191 Å². The van der Waals surface area contributed by atoms with E-state index in [-0.39, 0.29) is 51.1 Å². The first kappa shape index (κ1) is 22.5. The molecule has 0 saturated heterocycles. The van der Waals surface area contributed by atoms with Gasteiger partial charge in [0.15, 0.2) is 5.82 Å². The van der Waals surface area contributed by atoms with Gasteiger partial charge >= 0.3 is 0 Å². The lowest BCUT2D eigenvalue weighted by Crippen LogP contribution is -2.29. The maximum absolute atomic E-state index is 14.6. The minimum Gasteiger partial charge on any atom is -0.382 e. The van der Waals surface area contributed by atoms with Gasteiger partial charge in [-0.3, -0.25) is 14.3 Å². The van der Waals surface area contributed by atoms with Gasteiger partial charge in [-0.05, 0) is 25.5 Å². The summed E-state index contributed by atoms with van der Waals surface area (Å²) in [5, 5.41) is 12.3. The van der Waals surface area contributed by atoms with Gasteiger partial charge in [0.25, 0.3) is 5.56 Å². The quantitative estimate of drug-likeness (QED) is 0.404. The fourth-order valence-electron chi connectivity index (χ4n) is 3.61. The van der Waals surface area contributed by atoms with Crippen LogP contribution in [0.1, 0.15) is 36.3 Å². The van der Waals surface area contributed by atoms with E-state index in [9.17, 15) is 18.8 Å². The number of nitriles is 1. The number of hydrogen-bond donors (Lipinski definition) is 3. The van der Waals surface area contributed by atoms with E-state index in [1.54, 1.807) is 6.92 Å². The lowest BCUT2D eigenvalue weighted by Gasteiger charge is -2.23. The lowest BCUT2D eigenvalue weighted by atomic mass is 10.1. The van der Waals surface area contributed by atoms with Crippen LogP contribution in [0.25, 0.3) is 16.6 Å². The van der Waals surface area contributed by atoms with Crippen molar-refractivity contribution in [2.24, 2.45) is 0 Å². The molecule has 0 unspecified atom stereocenters. The third-order valence-electron chi connectivity index (χ3n) is 5.34. The predicted molar refractivity (Wildman–Crippen MR) is 122 cm³/mol. The van der Waals surface area contributed by atoms with Crippen LogP contribution in [0.3, 0.4) is 0 Å². The number of anilines is 3. The second kappa shape index (κ2) is 8.70. The van der Waals surface area contributed by atoms with Gasteiger partial charge in [-0.1, -0.05) is 13.0 Å². The molecule has 0 fully saturated rings. The van der Waals surface area contributed by atoms with Crippen LogP contribution < -0.4 is 22.3 Å². The van der Waals surface area contributed by atoms with E-state index in [1.807, 2.05) is 6.07 Å². The Morgan fingerprint density at radius 3 is 2.65 bits per heavy atom. The predicted octanol–water partition coefficient (Wildman–Crippen LogP) is 2.76. The van der Waals surface area contributed by atoms with Gasteiger partial charge < -0.3 is 16.8 Å². The van der Waals surface area contributed by atoms with Crippen LogP contribution in [-0.4, -0.2) is 24.5 Å². The number of pyridine rings is 1. The number of nitrogens with one attached hydrogen (secondary N) is 1. The van der Waals surface area contributed by atoms with E-state index in [0.29, 0.717) is 6.42 Å². The van der Waals surface area contributed by atoms with Crippen LogP contribution in [0.4, 0.5) is 26.4 Å². The summed E-state index contributed by atoms with van der Waals surface area (Å²) < 4.78 is 30.1. The Bertz CT molecular complexity index is 1530. The summed E-state index contributed by atoms with van der Waals surface area (Å²) in [7, 11) is 0. The molecule has 1 aromatic carbocycles. The van der Waals surface area contributed by atoms with E-state index in [4.69, 9.17) is 11.5 Å². The number of fused-ring (bicyclic) bond motifs is 1. The molecule has 0 saturated carbocycles. The second-order valence-electron chi connectivity index (χ2n) is 7.42. The molecule has 5 N–H and O–H groups in total. The summed E-state index contributed by atoms with van der Waals surface area (Å²) >= 11 is 0. The maximum Gasteiger partial charge on any atom is 0.269 e. The van der Waals surface area contributed by atoms with Crippen molar-refractivity contribution in [3.05, 3.63) is 69.5 Å². The van der Waals surface area contributed by atoms with Gasteiger partial charge in [-0.2, -0.15) is 15.2 Å². The molecule has 10 nitrogen and oxygen atoms in total.